The molecule has 0 aliphatic heterocycles. The molecule has 1 amide bonds. The van der Waals surface area contributed by atoms with Crippen molar-refractivity contribution in [1.29, 1.82) is 0 Å². The Balaban J connectivity index is 3.53. The summed E-state index contributed by atoms with van der Waals surface area (Å²) in [6.45, 7) is 4.21. The highest BCUT2D eigenvalue weighted by Crippen LogP contribution is 2.17. The molecule has 354 valence electrons. The number of aliphatic hydroxyl groups excluding tert-OH is 3. The molecule has 0 rings (SSSR count). The maximum Gasteiger partial charge on any atom is 0.222 e. The fourth-order valence-electron chi connectivity index (χ4n) is 8.29. The van der Waals surface area contributed by atoms with Gasteiger partial charge in [0.25, 0.3) is 0 Å². The van der Waals surface area contributed by atoms with Crippen LogP contribution in [0.4, 0.5) is 0 Å². The molecule has 0 radical (unpaired) electrons. The molecule has 5 nitrogen and oxygen atoms in total. The molecule has 0 bridgehead atoms. The highest BCUT2D eigenvalue weighted by Gasteiger charge is 2.20. The Morgan fingerprint density at radius 2 is 0.717 bits per heavy atom. The van der Waals surface area contributed by atoms with Gasteiger partial charge in [-0.2, -0.15) is 0 Å². The number of aliphatic hydroxyl groups is 3. The van der Waals surface area contributed by atoms with Gasteiger partial charge in [-0.15, -0.1) is 0 Å². The van der Waals surface area contributed by atoms with E-state index in [0.717, 1.165) is 32.1 Å². The van der Waals surface area contributed by atoms with Crippen molar-refractivity contribution in [2.75, 3.05) is 6.61 Å². The van der Waals surface area contributed by atoms with Crippen LogP contribution in [0.25, 0.3) is 0 Å². The molecule has 0 aromatic carbocycles. The van der Waals surface area contributed by atoms with Gasteiger partial charge in [-0.25, -0.2) is 0 Å². The van der Waals surface area contributed by atoms with Crippen LogP contribution < -0.4 is 5.32 Å². The Bertz CT molecular complexity index is 931. The molecule has 5 heteroatoms. The first-order valence-electron chi connectivity index (χ1n) is 26.8. The zero-order valence-corrected chi connectivity index (χ0v) is 40.4. The molecule has 0 aromatic heterocycles. The van der Waals surface area contributed by atoms with Gasteiger partial charge in [-0.3, -0.25) is 4.79 Å². The summed E-state index contributed by atoms with van der Waals surface area (Å²) in [5, 5.41) is 33.3. The second kappa shape index (κ2) is 50.2. The summed E-state index contributed by atoms with van der Waals surface area (Å²) in [5.74, 6) is -0.323. The fourth-order valence-corrected chi connectivity index (χ4v) is 8.29. The summed E-state index contributed by atoms with van der Waals surface area (Å²) in [5.41, 5.74) is 0. The first-order valence-corrected chi connectivity index (χ1v) is 26.8. The summed E-state index contributed by atoms with van der Waals surface area (Å²) >= 11 is 0. The van der Waals surface area contributed by atoms with E-state index in [1.165, 1.54) is 225 Å². The maximum atomic E-state index is 12.5. The van der Waals surface area contributed by atoms with E-state index < -0.39 is 18.2 Å². The van der Waals surface area contributed by atoms with E-state index in [1.807, 2.05) is 6.08 Å². The lowest BCUT2D eigenvalue weighted by molar-refractivity contribution is -0.124. The number of unbranched alkanes of at least 4 members (excludes halogenated alkanes) is 36. The smallest absolute Gasteiger partial charge is 0.222 e. The Hall–Kier alpha value is -1.43. The van der Waals surface area contributed by atoms with Crippen LogP contribution in [-0.2, 0) is 4.79 Å². The van der Waals surface area contributed by atoms with E-state index >= 15 is 0 Å². The van der Waals surface area contributed by atoms with Crippen molar-refractivity contribution < 1.29 is 20.1 Å². The predicted molar refractivity (Wildman–Crippen MR) is 264 cm³/mol. The Labute approximate surface area is 374 Å². The molecule has 0 aromatic rings. The van der Waals surface area contributed by atoms with Gasteiger partial charge in [0.2, 0.25) is 5.91 Å². The van der Waals surface area contributed by atoms with E-state index in [-0.39, 0.29) is 18.9 Å². The summed E-state index contributed by atoms with van der Waals surface area (Å²) in [6.07, 6.45) is 64.8. The number of hydrogen-bond donors (Lipinski definition) is 4. The predicted octanol–water partition coefficient (Wildman–Crippen LogP) is 16.3. The van der Waals surface area contributed by atoms with Gasteiger partial charge in [0.1, 0.15) is 0 Å². The molecule has 60 heavy (non-hydrogen) atoms. The molecular formula is C55H105NO4. The largest absolute Gasteiger partial charge is 0.394 e. The van der Waals surface area contributed by atoms with Crippen molar-refractivity contribution in [2.45, 2.75) is 302 Å². The normalized spacial score (nSPS) is 13.6. The van der Waals surface area contributed by atoms with E-state index in [2.05, 4.69) is 43.5 Å². The fraction of sp³-hybridized carbons (Fsp3) is 0.873. The molecule has 0 aliphatic carbocycles. The van der Waals surface area contributed by atoms with Crippen LogP contribution in [-0.4, -0.2) is 46.1 Å². The first kappa shape index (κ1) is 58.6. The monoisotopic (exact) mass is 844 g/mol. The van der Waals surface area contributed by atoms with Crippen LogP contribution in [0.1, 0.15) is 284 Å². The van der Waals surface area contributed by atoms with Gasteiger partial charge >= 0.3 is 0 Å². The lowest BCUT2D eigenvalue weighted by atomic mass is 10.0. The van der Waals surface area contributed by atoms with Gasteiger partial charge in [0.15, 0.2) is 0 Å². The Morgan fingerprint density at radius 3 is 1.07 bits per heavy atom. The molecule has 3 unspecified atom stereocenters. The van der Waals surface area contributed by atoms with Crippen molar-refractivity contribution in [3.63, 3.8) is 0 Å². The Kier molecular flexibility index (Phi) is 49.0. The van der Waals surface area contributed by atoms with Gasteiger partial charge in [-0.05, 0) is 57.8 Å². The maximum absolute atomic E-state index is 12.5. The highest BCUT2D eigenvalue weighted by atomic mass is 16.3. The zero-order valence-electron chi connectivity index (χ0n) is 40.4. The SMILES string of the molecule is CCCCCCCCCC/C=C/CC/C=C/C(O)C(CO)NC(=O)CC(O)CCCCCCCCCCCCCCCCC/C=C\CCCCCCCCCCCCCC. The number of allylic oxidation sites excluding steroid dienone is 5. The minimum Gasteiger partial charge on any atom is -0.394 e. The van der Waals surface area contributed by atoms with Gasteiger partial charge in [0, 0.05) is 0 Å². The quantitative estimate of drug-likeness (QED) is 0.0363. The molecule has 0 saturated carbocycles. The van der Waals surface area contributed by atoms with Gasteiger partial charge < -0.3 is 20.6 Å². The second-order valence-corrected chi connectivity index (χ2v) is 18.5. The van der Waals surface area contributed by atoms with Gasteiger partial charge in [-0.1, -0.05) is 256 Å². The second-order valence-electron chi connectivity index (χ2n) is 18.5. The van der Waals surface area contributed by atoms with Crippen LogP contribution >= 0.6 is 0 Å². The van der Waals surface area contributed by atoms with Crippen molar-refractivity contribution in [3.8, 4) is 0 Å². The van der Waals surface area contributed by atoms with E-state index in [0.29, 0.717) is 6.42 Å². The molecule has 0 spiro atoms. The van der Waals surface area contributed by atoms with Crippen LogP contribution in [0.3, 0.4) is 0 Å². The number of amides is 1. The van der Waals surface area contributed by atoms with Crippen molar-refractivity contribution in [1.82, 2.24) is 5.32 Å². The third kappa shape index (κ3) is 46.1. The van der Waals surface area contributed by atoms with E-state index in [4.69, 9.17) is 0 Å². The summed E-state index contributed by atoms with van der Waals surface area (Å²) in [6, 6.07) is -0.760. The molecule has 0 aliphatic rings. The standard InChI is InChI=1S/C55H105NO4/c1-3-5-7-9-11-13-15-17-19-20-21-22-23-24-25-26-27-28-29-30-31-32-33-34-35-36-38-40-42-44-46-48-52(58)50-55(60)56-53(51-57)54(59)49-47-45-43-41-39-37-18-16-14-12-10-8-6-4-2/h24-25,39,41,47,49,52-54,57-59H,3-23,26-38,40,42-46,48,50-51H2,1-2H3,(H,56,60)/b25-24-,41-39+,49-47+. The molecule has 0 heterocycles. The molecule has 0 fully saturated rings. The lowest BCUT2D eigenvalue weighted by Crippen LogP contribution is -2.45. The van der Waals surface area contributed by atoms with Crippen LogP contribution in [0.2, 0.25) is 0 Å². The van der Waals surface area contributed by atoms with E-state index in [9.17, 15) is 20.1 Å². The molecule has 0 saturated heterocycles. The van der Waals surface area contributed by atoms with E-state index in [1.54, 1.807) is 6.08 Å². The van der Waals surface area contributed by atoms with Crippen LogP contribution in [0.15, 0.2) is 36.5 Å². The summed E-state index contributed by atoms with van der Waals surface area (Å²) in [4.78, 5) is 12.5. The number of carbonyl (C=O) groups excluding carboxylic acids is 1. The average molecular weight is 844 g/mol. The van der Waals surface area contributed by atoms with Crippen LogP contribution in [0, 0.1) is 0 Å². The molecule has 3 atom stereocenters. The highest BCUT2D eigenvalue weighted by molar-refractivity contribution is 5.76. The third-order valence-corrected chi connectivity index (χ3v) is 12.4. The van der Waals surface area contributed by atoms with Crippen molar-refractivity contribution >= 4 is 5.91 Å². The van der Waals surface area contributed by atoms with Crippen molar-refractivity contribution in [3.05, 3.63) is 36.5 Å². The minimum atomic E-state index is -0.950. The number of hydrogen-bond acceptors (Lipinski definition) is 4. The minimum absolute atomic E-state index is 0.00771. The molecule has 4 N–H and O–H groups in total. The summed E-state index contributed by atoms with van der Waals surface area (Å²) < 4.78 is 0. The number of carbonyl (C=O) groups is 1. The molecular weight excluding hydrogens is 739 g/mol. The van der Waals surface area contributed by atoms with Crippen LogP contribution in [0.5, 0.6) is 0 Å². The first-order chi connectivity index (χ1) is 29.5. The number of rotatable bonds is 49. The summed E-state index contributed by atoms with van der Waals surface area (Å²) in [7, 11) is 0. The lowest BCUT2D eigenvalue weighted by Gasteiger charge is -2.21. The number of nitrogens with one attached hydrogen (secondary N) is 1. The topological polar surface area (TPSA) is 89.8 Å². The van der Waals surface area contributed by atoms with Crippen molar-refractivity contribution in [2.24, 2.45) is 0 Å². The zero-order chi connectivity index (χ0) is 43.7. The Morgan fingerprint density at radius 1 is 0.417 bits per heavy atom. The third-order valence-electron chi connectivity index (χ3n) is 12.4. The van der Waals surface area contributed by atoms with Gasteiger partial charge in [0.05, 0.1) is 31.3 Å². The average Bonchev–Trinajstić information content (AvgIpc) is 3.24.